The summed E-state index contributed by atoms with van der Waals surface area (Å²) in [4.78, 5) is 0. The van der Waals surface area contributed by atoms with Crippen molar-refractivity contribution in [3.63, 3.8) is 0 Å². The van der Waals surface area contributed by atoms with Gasteiger partial charge < -0.3 is 10.4 Å². The summed E-state index contributed by atoms with van der Waals surface area (Å²) in [5.41, 5.74) is 0. The molecule has 1 saturated heterocycles. The van der Waals surface area contributed by atoms with Gasteiger partial charge in [0.05, 0.1) is 17.6 Å². The van der Waals surface area contributed by atoms with Crippen molar-refractivity contribution in [1.29, 1.82) is 0 Å². The van der Waals surface area contributed by atoms with Crippen LogP contribution in [0.1, 0.15) is 32.1 Å². The van der Waals surface area contributed by atoms with Gasteiger partial charge in [0.25, 0.3) is 0 Å². The number of aliphatic hydroxyl groups is 1. The van der Waals surface area contributed by atoms with E-state index >= 15 is 0 Å². The molecule has 0 aromatic carbocycles. The average molecular weight is 233 g/mol. The minimum Gasteiger partial charge on any atom is -0.392 e. The number of rotatable bonds is 2. The Morgan fingerprint density at radius 2 is 1.73 bits per heavy atom. The van der Waals surface area contributed by atoms with Gasteiger partial charge in [-0.3, -0.25) is 0 Å². The Balaban J connectivity index is 1.81. The van der Waals surface area contributed by atoms with Gasteiger partial charge in [-0.1, -0.05) is 0 Å². The Morgan fingerprint density at radius 3 is 2.27 bits per heavy atom. The van der Waals surface area contributed by atoms with Crippen molar-refractivity contribution in [3.05, 3.63) is 0 Å². The lowest BCUT2D eigenvalue weighted by Gasteiger charge is -2.27. The maximum Gasteiger partial charge on any atom is 0.150 e. The van der Waals surface area contributed by atoms with Gasteiger partial charge in [0, 0.05) is 12.1 Å². The van der Waals surface area contributed by atoms with E-state index in [1.54, 1.807) is 0 Å². The molecule has 2 N–H and O–H groups in total. The van der Waals surface area contributed by atoms with Crippen LogP contribution >= 0.6 is 0 Å². The Hall–Kier alpha value is -0.130. The molecule has 2 atom stereocenters. The third-order valence-electron chi connectivity index (χ3n) is 3.48. The van der Waals surface area contributed by atoms with Crippen molar-refractivity contribution in [1.82, 2.24) is 5.32 Å². The first-order valence-corrected chi connectivity index (χ1v) is 7.53. The molecule has 2 aliphatic rings. The van der Waals surface area contributed by atoms with Crippen molar-refractivity contribution in [2.45, 2.75) is 50.3 Å². The molecule has 0 radical (unpaired) electrons. The second kappa shape index (κ2) is 4.39. The highest BCUT2D eigenvalue weighted by molar-refractivity contribution is 7.91. The third-order valence-corrected chi connectivity index (χ3v) is 5.20. The third kappa shape index (κ3) is 2.92. The normalized spacial score (nSPS) is 36.9. The maximum absolute atomic E-state index is 11.2. The predicted octanol–water partition coefficient (Wildman–Crippen LogP) is 0.0666. The quantitative estimate of drug-likeness (QED) is 0.708. The summed E-state index contributed by atoms with van der Waals surface area (Å²) >= 11 is 0. The lowest BCUT2D eigenvalue weighted by molar-refractivity contribution is 0.141. The summed E-state index contributed by atoms with van der Waals surface area (Å²) in [5.74, 6) is 0.598. The molecule has 1 aliphatic heterocycles. The fraction of sp³-hybridized carbons (Fsp3) is 1.00. The Kier molecular flexibility index (Phi) is 3.33. The summed E-state index contributed by atoms with van der Waals surface area (Å²) in [6.45, 7) is 0. The minimum absolute atomic E-state index is 0.191. The predicted molar refractivity (Wildman–Crippen MR) is 58.5 cm³/mol. The fourth-order valence-corrected chi connectivity index (χ4v) is 3.99. The van der Waals surface area contributed by atoms with Gasteiger partial charge in [-0.25, -0.2) is 8.42 Å². The molecule has 0 amide bonds. The molecule has 4 nitrogen and oxygen atoms in total. The highest BCUT2D eigenvalue weighted by atomic mass is 32.2. The van der Waals surface area contributed by atoms with E-state index in [-0.39, 0.29) is 18.2 Å². The minimum atomic E-state index is -2.77. The summed E-state index contributed by atoms with van der Waals surface area (Å²) in [6.07, 6.45) is 4.14. The second-order valence-corrected chi connectivity index (χ2v) is 7.00. The van der Waals surface area contributed by atoms with Gasteiger partial charge in [-0.15, -0.1) is 0 Å². The lowest BCUT2D eigenvalue weighted by atomic mass is 10.1. The number of hydrogen-bond donors (Lipinski definition) is 2. The zero-order valence-electron chi connectivity index (χ0n) is 8.85. The van der Waals surface area contributed by atoms with Crippen LogP contribution in [0.15, 0.2) is 0 Å². The SMILES string of the molecule is O=S1(=O)CCC(NC2CCCC2O)CC1. The van der Waals surface area contributed by atoms with E-state index in [0.717, 1.165) is 19.3 Å². The molecular formula is C10H19NO3S. The van der Waals surface area contributed by atoms with Crippen molar-refractivity contribution < 1.29 is 13.5 Å². The Morgan fingerprint density at radius 1 is 1.07 bits per heavy atom. The number of nitrogens with one attached hydrogen (secondary N) is 1. The highest BCUT2D eigenvalue weighted by Gasteiger charge is 2.30. The molecule has 1 saturated carbocycles. The van der Waals surface area contributed by atoms with Crippen molar-refractivity contribution >= 4 is 9.84 Å². The first kappa shape index (κ1) is 11.4. The van der Waals surface area contributed by atoms with Crippen LogP contribution in [0.3, 0.4) is 0 Å². The monoisotopic (exact) mass is 233 g/mol. The molecule has 0 spiro atoms. The van der Waals surface area contributed by atoms with Crippen molar-refractivity contribution in [2.24, 2.45) is 0 Å². The van der Waals surface area contributed by atoms with Gasteiger partial charge in [-0.05, 0) is 32.1 Å². The average Bonchev–Trinajstić information content (AvgIpc) is 2.56. The van der Waals surface area contributed by atoms with Crippen LogP contribution in [-0.4, -0.2) is 43.2 Å². The standard InChI is InChI=1S/C10H19NO3S/c12-10-3-1-2-9(10)11-8-4-6-15(13,14)7-5-8/h8-12H,1-7H2. The second-order valence-electron chi connectivity index (χ2n) is 4.70. The first-order chi connectivity index (χ1) is 7.07. The molecule has 2 fully saturated rings. The number of sulfone groups is 1. The molecule has 0 bridgehead atoms. The molecule has 0 aromatic heterocycles. The van der Waals surface area contributed by atoms with Gasteiger partial charge in [0.15, 0.2) is 0 Å². The van der Waals surface area contributed by atoms with E-state index in [0.29, 0.717) is 24.3 Å². The lowest BCUT2D eigenvalue weighted by Crippen LogP contribution is -2.46. The van der Waals surface area contributed by atoms with Gasteiger partial charge in [0.2, 0.25) is 0 Å². The van der Waals surface area contributed by atoms with E-state index in [1.807, 2.05) is 0 Å². The van der Waals surface area contributed by atoms with Crippen LogP contribution < -0.4 is 5.32 Å². The molecular weight excluding hydrogens is 214 g/mol. The topological polar surface area (TPSA) is 66.4 Å². The van der Waals surface area contributed by atoms with Gasteiger partial charge in [-0.2, -0.15) is 0 Å². The van der Waals surface area contributed by atoms with Crippen LogP contribution in [0.2, 0.25) is 0 Å². The van der Waals surface area contributed by atoms with Crippen molar-refractivity contribution in [3.8, 4) is 0 Å². The van der Waals surface area contributed by atoms with E-state index in [2.05, 4.69) is 5.32 Å². The smallest absolute Gasteiger partial charge is 0.150 e. The van der Waals surface area contributed by atoms with Crippen LogP contribution in [0.25, 0.3) is 0 Å². The summed E-state index contributed by atoms with van der Waals surface area (Å²) in [6, 6.07) is 0.474. The molecule has 0 aromatic rings. The molecule has 5 heteroatoms. The number of hydrogen-bond acceptors (Lipinski definition) is 4. The largest absolute Gasteiger partial charge is 0.392 e. The van der Waals surface area contributed by atoms with Gasteiger partial charge in [0.1, 0.15) is 9.84 Å². The van der Waals surface area contributed by atoms with Crippen LogP contribution in [0.5, 0.6) is 0 Å². The van der Waals surface area contributed by atoms with E-state index in [4.69, 9.17) is 0 Å². The summed E-state index contributed by atoms with van der Waals surface area (Å²) in [7, 11) is -2.77. The Bertz CT molecular complexity index is 301. The van der Waals surface area contributed by atoms with Crippen LogP contribution in [0, 0.1) is 0 Å². The fourth-order valence-electron chi connectivity index (χ4n) is 2.49. The van der Waals surface area contributed by atoms with E-state index < -0.39 is 9.84 Å². The molecule has 2 unspecified atom stereocenters. The molecule has 2 rings (SSSR count). The molecule has 1 heterocycles. The van der Waals surface area contributed by atoms with Crippen molar-refractivity contribution in [2.75, 3.05) is 11.5 Å². The molecule has 1 aliphatic carbocycles. The first-order valence-electron chi connectivity index (χ1n) is 5.71. The summed E-state index contributed by atoms with van der Waals surface area (Å²) < 4.78 is 22.4. The highest BCUT2D eigenvalue weighted by Crippen LogP contribution is 2.21. The molecule has 15 heavy (non-hydrogen) atoms. The van der Waals surface area contributed by atoms with Gasteiger partial charge >= 0.3 is 0 Å². The zero-order valence-corrected chi connectivity index (χ0v) is 9.67. The van der Waals surface area contributed by atoms with E-state index in [9.17, 15) is 13.5 Å². The maximum atomic E-state index is 11.2. The van der Waals surface area contributed by atoms with Crippen LogP contribution in [-0.2, 0) is 9.84 Å². The summed E-state index contributed by atoms with van der Waals surface area (Å²) in [5, 5.41) is 13.0. The van der Waals surface area contributed by atoms with Crippen LogP contribution in [0.4, 0.5) is 0 Å². The zero-order chi connectivity index (χ0) is 10.9. The number of aliphatic hydroxyl groups excluding tert-OH is 1. The Labute approximate surface area is 91.0 Å². The molecule has 88 valence electrons. The van der Waals surface area contributed by atoms with E-state index in [1.165, 1.54) is 0 Å².